The van der Waals surface area contributed by atoms with Crippen molar-refractivity contribution in [2.45, 2.75) is 6.10 Å². The van der Waals surface area contributed by atoms with Gasteiger partial charge in [0, 0.05) is 44.5 Å². The molecule has 0 saturated carbocycles. The number of hydrogen-bond donors (Lipinski definition) is 1. The van der Waals surface area contributed by atoms with E-state index in [2.05, 4.69) is 16.0 Å². The monoisotopic (exact) mass is 344 g/mol. The molecule has 0 spiro atoms. The first kappa shape index (κ1) is 17.3. The molecule has 2 aromatic rings. The maximum Gasteiger partial charge on any atom is 0.129 e. The number of β-amino-alcohol motifs (C(OH)–C–C–N with tert-alkyl or cyclic N) is 1. The van der Waals surface area contributed by atoms with Crippen LogP contribution in [0.2, 0.25) is 0 Å². The normalized spacial score (nSPS) is 16.5. The van der Waals surface area contributed by atoms with Crippen molar-refractivity contribution in [3.05, 3.63) is 59.3 Å². The molecule has 0 unspecified atom stereocenters. The summed E-state index contributed by atoms with van der Waals surface area (Å²) in [5.41, 5.74) is 0.537. The van der Waals surface area contributed by atoms with Crippen LogP contribution in [0.4, 0.5) is 14.6 Å². The van der Waals surface area contributed by atoms with E-state index in [0.29, 0.717) is 31.7 Å². The Bertz CT molecular complexity index is 785. The number of halogens is 2. The molecule has 7 heteroatoms. The third-order valence-electron chi connectivity index (χ3n) is 4.32. The molecule has 1 fully saturated rings. The van der Waals surface area contributed by atoms with E-state index < -0.39 is 17.7 Å². The average molecular weight is 344 g/mol. The molecule has 5 nitrogen and oxygen atoms in total. The molecule has 0 bridgehead atoms. The number of nitriles is 1. The van der Waals surface area contributed by atoms with Crippen LogP contribution in [-0.2, 0) is 0 Å². The summed E-state index contributed by atoms with van der Waals surface area (Å²) in [5.74, 6) is -0.427. The summed E-state index contributed by atoms with van der Waals surface area (Å²) < 4.78 is 27.0. The van der Waals surface area contributed by atoms with E-state index in [0.717, 1.165) is 24.0 Å². The molecule has 0 amide bonds. The van der Waals surface area contributed by atoms with Crippen molar-refractivity contribution in [1.82, 2.24) is 9.88 Å². The lowest BCUT2D eigenvalue weighted by molar-refractivity contribution is 0.106. The fraction of sp³-hybridized carbons (Fsp3) is 0.333. The Morgan fingerprint density at radius 1 is 1.16 bits per heavy atom. The van der Waals surface area contributed by atoms with E-state index in [1.165, 1.54) is 0 Å². The van der Waals surface area contributed by atoms with Gasteiger partial charge in [0.25, 0.3) is 0 Å². The summed E-state index contributed by atoms with van der Waals surface area (Å²) in [7, 11) is 0. The molecule has 0 radical (unpaired) electrons. The number of nitrogens with zero attached hydrogens (tertiary/aromatic N) is 4. The maximum atomic E-state index is 13.7. The molecule has 2 heterocycles. The van der Waals surface area contributed by atoms with Gasteiger partial charge in [-0.25, -0.2) is 13.8 Å². The largest absolute Gasteiger partial charge is 0.387 e. The topological polar surface area (TPSA) is 63.4 Å². The number of piperazine rings is 1. The second-order valence-electron chi connectivity index (χ2n) is 5.98. The van der Waals surface area contributed by atoms with E-state index in [9.17, 15) is 13.9 Å². The lowest BCUT2D eigenvalue weighted by atomic mass is 10.1. The summed E-state index contributed by atoms with van der Waals surface area (Å²) in [6.45, 7) is 2.92. The van der Waals surface area contributed by atoms with Crippen LogP contribution in [0, 0.1) is 23.0 Å². The highest BCUT2D eigenvalue weighted by Crippen LogP contribution is 2.21. The molecule has 1 N–H and O–H groups in total. The van der Waals surface area contributed by atoms with Crippen molar-refractivity contribution in [2.75, 3.05) is 37.6 Å². The Hall–Kier alpha value is -2.56. The van der Waals surface area contributed by atoms with Crippen LogP contribution in [0.15, 0.2) is 36.5 Å². The molecule has 130 valence electrons. The lowest BCUT2D eigenvalue weighted by Gasteiger charge is -2.36. The number of aromatic nitrogens is 1. The summed E-state index contributed by atoms with van der Waals surface area (Å²) in [4.78, 5) is 8.34. The second kappa shape index (κ2) is 7.55. The molecule has 3 rings (SSSR count). The highest BCUT2D eigenvalue weighted by molar-refractivity contribution is 5.45. The molecule has 1 aliphatic heterocycles. The van der Waals surface area contributed by atoms with Gasteiger partial charge in [0.05, 0.1) is 17.7 Å². The van der Waals surface area contributed by atoms with Crippen molar-refractivity contribution >= 4 is 5.82 Å². The first-order valence-electron chi connectivity index (χ1n) is 8.03. The third kappa shape index (κ3) is 4.10. The fourth-order valence-electron chi connectivity index (χ4n) is 2.93. The Morgan fingerprint density at radius 2 is 1.92 bits per heavy atom. The van der Waals surface area contributed by atoms with Gasteiger partial charge < -0.3 is 10.0 Å². The number of aliphatic hydroxyl groups is 1. The Balaban J connectivity index is 1.59. The number of aliphatic hydroxyl groups excluding tert-OH is 1. The van der Waals surface area contributed by atoms with Gasteiger partial charge in [-0.05, 0) is 30.3 Å². The highest BCUT2D eigenvalue weighted by atomic mass is 19.1. The van der Waals surface area contributed by atoms with Crippen LogP contribution >= 0.6 is 0 Å². The van der Waals surface area contributed by atoms with Crippen molar-refractivity contribution in [1.29, 1.82) is 5.26 Å². The zero-order valence-electron chi connectivity index (χ0n) is 13.6. The van der Waals surface area contributed by atoms with Gasteiger partial charge in [0.1, 0.15) is 17.5 Å². The van der Waals surface area contributed by atoms with E-state index >= 15 is 0 Å². The molecule has 1 aliphatic rings. The van der Waals surface area contributed by atoms with Crippen molar-refractivity contribution in [3.63, 3.8) is 0 Å². The number of benzene rings is 1. The summed E-state index contributed by atoms with van der Waals surface area (Å²) in [6, 6.07) is 8.59. The second-order valence-corrected chi connectivity index (χ2v) is 5.98. The lowest BCUT2D eigenvalue weighted by Crippen LogP contribution is -2.47. The van der Waals surface area contributed by atoms with Gasteiger partial charge in [0.15, 0.2) is 0 Å². The van der Waals surface area contributed by atoms with E-state index in [-0.39, 0.29) is 12.1 Å². The predicted molar refractivity (Wildman–Crippen MR) is 88.9 cm³/mol. The SMILES string of the molecule is N#Cc1ccnc(N2CCN(C[C@@H](O)c3cc(F)ccc3F)CC2)c1. The summed E-state index contributed by atoms with van der Waals surface area (Å²) >= 11 is 0. The van der Waals surface area contributed by atoms with E-state index in [1.807, 2.05) is 4.90 Å². The van der Waals surface area contributed by atoms with Crippen molar-refractivity contribution < 1.29 is 13.9 Å². The number of anilines is 1. The summed E-state index contributed by atoms with van der Waals surface area (Å²) in [6.07, 6.45) is 0.527. The van der Waals surface area contributed by atoms with Gasteiger partial charge in [-0.2, -0.15) is 5.26 Å². The standard InChI is InChI=1S/C18H18F2N4O/c19-14-1-2-16(20)15(10-14)17(25)12-23-5-7-24(8-6-23)18-9-13(11-21)3-4-22-18/h1-4,9-10,17,25H,5-8,12H2/t17-/m1/s1. The third-order valence-corrected chi connectivity index (χ3v) is 4.32. The number of rotatable bonds is 4. The van der Waals surface area contributed by atoms with E-state index in [4.69, 9.17) is 5.26 Å². The molecule has 1 aromatic heterocycles. The molecular formula is C18H18F2N4O. The maximum absolute atomic E-state index is 13.7. The minimum atomic E-state index is -1.08. The minimum absolute atomic E-state index is 0.0224. The van der Waals surface area contributed by atoms with Crippen molar-refractivity contribution in [3.8, 4) is 6.07 Å². The fourth-order valence-corrected chi connectivity index (χ4v) is 2.93. The van der Waals surface area contributed by atoms with Crippen LogP contribution < -0.4 is 4.90 Å². The van der Waals surface area contributed by atoms with Crippen LogP contribution in [0.25, 0.3) is 0 Å². The van der Waals surface area contributed by atoms with Gasteiger partial charge in [-0.15, -0.1) is 0 Å². The van der Waals surface area contributed by atoms with Crippen molar-refractivity contribution in [2.24, 2.45) is 0 Å². The number of pyridine rings is 1. The Kier molecular flexibility index (Phi) is 5.22. The molecule has 1 aromatic carbocycles. The highest BCUT2D eigenvalue weighted by Gasteiger charge is 2.22. The molecular weight excluding hydrogens is 326 g/mol. The smallest absolute Gasteiger partial charge is 0.129 e. The predicted octanol–water partition coefficient (Wildman–Crippen LogP) is 2.09. The van der Waals surface area contributed by atoms with Gasteiger partial charge in [-0.1, -0.05) is 0 Å². The Labute approximate surface area is 144 Å². The first-order chi connectivity index (χ1) is 12.1. The van der Waals surface area contributed by atoms with Crippen LogP contribution in [0.5, 0.6) is 0 Å². The Morgan fingerprint density at radius 3 is 2.64 bits per heavy atom. The minimum Gasteiger partial charge on any atom is -0.387 e. The molecule has 1 atom stereocenters. The van der Waals surface area contributed by atoms with Crippen LogP contribution in [0.1, 0.15) is 17.2 Å². The zero-order valence-corrected chi connectivity index (χ0v) is 13.6. The molecule has 1 saturated heterocycles. The zero-order chi connectivity index (χ0) is 17.8. The molecule has 0 aliphatic carbocycles. The summed E-state index contributed by atoms with van der Waals surface area (Å²) in [5, 5.41) is 19.2. The first-order valence-corrected chi connectivity index (χ1v) is 8.03. The van der Waals surface area contributed by atoms with Gasteiger partial charge in [-0.3, -0.25) is 4.90 Å². The van der Waals surface area contributed by atoms with E-state index in [1.54, 1.807) is 18.3 Å². The average Bonchev–Trinajstić information content (AvgIpc) is 2.64. The quantitative estimate of drug-likeness (QED) is 0.920. The van der Waals surface area contributed by atoms with Gasteiger partial charge >= 0.3 is 0 Å². The molecule has 25 heavy (non-hydrogen) atoms. The van der Waals surface area contributed by atoms with Crippen LogP contribution in [-0.4, -0.2) is 47.7 Å². The van der Waals surface area contributed by atoms with Gasteiger partial charge in [0.2, 0.25) is 0 Å². The van der Waals surface area contributed by atoms with Crippen LogP contribution in [0.3, 0.4) is 0 Å². The number of hydrogen-bond acceptors (Lipinski definition) is 5.